The van der Waals surface area contributed by atoms with E-state index in [4.69, 9.17) is 11.6 Å². The number of aryl methyl sites for hydroxylation is 1. The number of aromatic nitrogens is 2. The van der Waals surface area contributed by atoms with Gasteiger partial charge in [-0.3, -0.25) is 14.2 Å². The molecule has 0 atom stereocenters. The molecule has 0 saturated carbocycles. The van der Waals surface area contributed by atoms with Crippen LogP contribution in [0.15, 0.2) is 71.1 Å². The monoisotopic (exact) mass is 423 g/mol. The normalized spacial score (nSPS) is 10.9. The van der Waals surface area contributed by atoms with E-state index < -0.39 is 0 Å². The van der Waals surface area contributed by atoms with Crippen LogP contribution in [-0.2, 0) is 17.9 Å². The van der Waals surface area contributed by atoms with Crippen molar-refractivity contribution in [1.82, 2.24) is 14.9 Å². The van der Waals surface area contributed by atoms with Crippen molar-refractivity contribution in [3.8, 4) is 11.1 Å². The number of nitrogens with zero attached hydrogens (tertiary/aromatic N) is 2. The third-order valence-corrected chi connectivity index (χ3v) is 5.91. The maximum atomic E-state index is 13.0. The second-order valence-electron chi connectivity index (χ2n) is 6.56. The molecule has 2 aromatic carbocycles. The SMILES string of the molecule is O=C(CCn1cnc2scc(-c3ccccc3)c2c1=O)NCc1ccccc1Cl. The number of hydrogen-bond acceptors (Lipinski definition) is 4. The maximum Gasteiger partial charge on any atom is 0.262 e. The van der Waals surface area contributed by atoms with Crippen molar-refractivity contribution in [1.29, 1.82) is 0 Å². The van der Waals surface area contributed by atoms with Gasteiger partial charge in [-0.15, -0.1) is 11.3 Å². The Kier molecular flexibility index (Phi) is 5.74. The van der Waals surface area contributed by atoms with Crippen molar-refractivity contribution in [3.63, 3.8) is 0 Å². The van der Waals surface area contributed by atoms with Gasteiger partial charge < -0.3 is 5.32 Å². The molecule has 0 bridgehead atoms. The van der Waals surface area contributed by atoms with E-state index in [1.54, 1.807) is 6.07 Å². The standard InChI is InChI=1S/C22H18ClN3O2S/c23-18-9-5-4-8-16(18)12-24-19(27)10-11-26-14-25-21-20(22(26)28)17(13-29-21)15-6-2-1-3-7-15/h1-9,13-14H,10-12H2,(H,24,27). The van der Waals surface area contributed by atoms with Crippen LogP contribution in [0, 0.1) is 0 Å². The van der Waals surface area contributed by atoms with Crippen molar-refractivity contribution in [2.45, 2.75) is 19.5 Å². The number of fused-ring (bicyclic) bond motifs is 1. The Hall–Kier alpha value is -2.96. The van der Waals surface area contributed by atoms with Gasteiger partial charge in [0.05, 0.1) is 11.7 Å². The Morgan fingerprint density at radius 1 is 1.10 bits per heavy atom. The molecule has 2 heterocycles. The summed E-state index contributed by atoms with van der Waals surface area (Å²) in [5.74, 6) is -0.148. The Labute approximate surface area is 176 Å². The van der Waals surface area contributed by atoms with Gasteiger partial charge in [-0.2, -0.15) is 0 Å². The van der Waals surface area contributed by atoms with Gasteiger partial charge in [-0.1, -0.05) is 60.1 Å². The minimum Gasteiger partial charge on any atom is -0.352 e. The minimum absolute atomic E-state index is 0.131. The Morgan fingerprint density at radius 2 is 1.86 bits per heavy atom. The van der Waals surface area contributed by atoms with E-state index in [9.17, 15) is 9.59 Å². The molecule has 7 heteroatoms. The molecule has 1 amide bonds. The molecule has 0 fully saturated rings. The highest BCUT2D eigenvalue weighted by Gasteiger charge is 2.13. The van der Waals surface area contributed by atoms with Crippen molar-refractivity contribution >= 4 is 39.1 Å². The molecular weight excluding hydrogens is 406 g/mol. The fraction of sp³-hybridized carbons (Fsp3) is 0.136. The zero-order valence-electron chi connectivity index (χ0n) is 15.5. The van der Waals surface area contributed by atoms with Crippen molar-refractivity contribution < 1.29 is 4.79 Å². The number of benzene rings is 2. The van der Waals surface area contributed by atoms with E-state index in [1.165, 1.54) is 22.2 Å². The van der Waals surface area contributed by atoms with Gasteiger partial charge >= 0.3 is 0 Å². The summed E-state index contributed by atoms with van der Waals surface area (Å²) < 4.78 is 1.50. The summed E-state index contributed by atoms with van der Waals surface area (Å²) >= 11 is 7.55. The first-order valence-electron chi connectivity index (χ1n) is 9.15. The molecule has 4 rings (SSSR count). The molecule has 0 aliphatic rings. The number of carbonyl (C=O) groups excluding carboxylic acids is 1. The Balaban J connectivity index is 1.48. The molecule has 0 spiro atoms. The van der Waals surface area contributed by atoms with Crippen LogP contribution in [0.5, 0.6) is 0 Å². The number of nitrogens with one attached hydrogen (secondary N) is 1. The van der Waals surface area contributed by atoms with Crippen LogP contribution in [0.3, 0.4) is 0 Å². The number of amides is 1. The van der Waals surface area contributed by atoms with E-state index in [-0.39, 0.29) is 24.4 Å². The predicted molar refractivity (Wildman–Crippen MR) is 117 cm³/mol. The second-order valence-corrected chi connectivity index (χ2v) is 7.82. The third-order valence-electron chi connectivity index (χ3n) is 4.66. The maximum absolute atomic E-state index is 13.0. The summed E-state index contributed by atoms with van der Waals surface area (Å²) in [6.45, 7) is 0.619. The highest BCUT2D eigenvalue weighted by Crippen LogP contribution is 2.30. The van der Waals surface area contributed by atoms with Gasteiger partial charge in [0.15, 0.2) is 0 Å². The highest BCUT2D eigenvalue weighted by molar-refractivity contribution is 7.17. The van der Waals surface area contributed by atoms with E-state index in [0.717, 1.165) is 16.7 Å². The third kappa shape index (κ3) is 4.23. The molecule has 5 nitrogen and oxygen atoms in total. The average Bonchev–Trinajstić information content (AvgIpc) is 3.18. The van der Waals surface area contributed by atoms with E-state index in [2.05, 4.69) is 10.3 Å². The summed E-state index contributed by atoms with van der Waals surface area (Å²) in [5, 5.41) is 6.01. The lowest BCUT2D eigenvalue weighted by Crippen LogP contribution is -2.27. The lowest BCUT2D eigenvalue weighted by atomic mass is 10.1. The molecule has 0 aliphatic carbocycles. The lowest BCUT2D eigenvalue weighted by molar-refractivity contribution is -0.121. The van der Waals surface area contributed by atoms with Gasteiger partial charge in [-0.05, 0) is 17.2 Å². The molecular formula is C22H18ClN3O2S. The number of carbonyl (C=O) groups is 1. The van der Waals surface area contributed by atoms with E-state index in [0.29, 0.717) is 21.8 Å². The zero-order chi connectivity index (χ0) is 20.2. The van der Waals surface area contributed by atoms with Crippen molar-refractivity contribution in [2.75, 3.05) is 0 Å². The molecule has 29 heavy (non-hydrogen) atoms. The van der Waals surface area contributed by atoms with Gasteiger partial charge in [0.2, 0.25) is 5.91 Å². The molecule has 4 aromatic rings. The summed E-state index contributed by atoms with van der Waals surface area (Å²) in [4.78, 5) is 30.3. The molecule has 146 valence electrons. The predicted octanol–water partition coefficient (Wildman–Crippen LogP) is 4.48. The summed E-state index contributed by atoms with van der Waals surface area (Å²) in [7, 11) is 0. The molecule has 0 aliphatic heterocycles. The van der Waals surface area contributed by atoms with Gasteiger partial charge in [0.25, 0.3) is 5.56 Å². The van der Waals surface area contributed by atoms with Crippen molar-refractivity contribution in [2.24, 2.45) is 0 Å². The fourth-order valence-electron chi connectivity index (χ4n) is 3.10. The first-order valence-corrected chi connectivity index (χ1v) is 10.4. The topological polar surface area (TPSA) is 64.0 Å². The largest absolute Gasteiger partial charge is 0.352 e. The number of hydrogen-bond donors (Lipinski definition) is 1. The lowest BCUT2D eigenvalue weighted by Gasteiger charge is -2.08. The van der Waals surface area contributed by atoms with E-state index in [1.807, 2.05) is 53.9 Å². The molecule has 0 radical (unpaired) electrons. The number of halogens is 1. The molecule has 0 saturated heterocycles. The van der Waals surface area contributed by atoms with Gasteiger partial charge in [0, 0.05) is 35.5 Å². The first kappa shape index (κ1) is 19.4. The summed E-state index contributed by atoms with van der Waals surface area (Å²) in [5.41, 5.74) is 2.58. The van der Waals surface area contributed by atoms with Crippen LogP contribution >= 0.6 is 22.9 Å². The van der Waals surface area contributed by atoms with E-state index >= 15 is 0 Å². The van der Waals surface area contributed by atoms with Gasteiger partial charge in [-0.25, -0.2) is 4.98 Å². The first-order chi connectivity index (χ1) is 14.1. The Morgan fingerprint density at radius 3 is 2.66 bits per heavy atom. The highest BCUT2D eigenvalue weighted by atomic mass is 35.5. The quantitative estimate of drug-likeness (QED) is 0.497. The van der Waals surface area contributed by atoms with Crippen molar-refractivity contribution in [3.05, 3.63) is 87.2 Å². The summed E-state index contributed by atoms with van der Waals surface area (Å²) in [6, 6.07) is 17.1. The number of rotatable bonds is 6. The van der Waals surface area contributed by atoms with Crippen LogP contribution in [0.25, 0.3) is 21.3 Å². The minimum atomic E-state index is -0.148. The number of thiophene rings is 1. The van der Waals surface area contributed by atoms with Crippen LogP contribution in [0.1, 0.15) is 12.0 Å². The average molecular weight is 424 g/mol. The molecule has 0 unspecified atom stereocenters. The molecule has 2 aromatic heterocycles. The van der Waals surface area contributed by atoms with Gasteiger partial charge in [0.1, 0.15) is 4.83 Å². The fourth-order valence-corrected chi connectivity index (χ4v) is 4.21. The second kappa shape index (κ2) is 8.59. The van der Waals surface area contributed by atoms with Crippen LogP contribution < -0.4 is 10.9 Å². The smallest absolute Gasteiger partial charge is 0.262 e. The molecule has 1 N–H and O–H groups in total. The zero-order valence-corrected chi connectivity index (χ0v) is 17.0. The Bertz CT molecular complexity index is 1220. The van der Waals surface area contributed by atoms with Crippen LogP contribution in [0.2, 0.25) is 5.02 Å². The summed E-state index contributed by atoms with van der Waals surface area (Å²) in [6.07, 6.45) is 1.69. The van der Waals surface area contributed by atoms with Crippen LogP contribution in [-0.4, -0.2) is 15.5 Å². The van der Waals surface area contributed by atoms with Crippen LogP contribution in [0.4, 0.5) is 0 Å².